The van der Waals surface area contributed by atoms with Crippen LogP contribution in [-0.4, -0.2) is 40.6 Å². The van der Waals surface area contributed by atoms with Crippen LogP contribution < -0.4 is 5.32 Å². The average molecular weight is 290 g/mol. The largest absolute Gasteiger partial charge is 0.314 e. The van der Waals surface area contributed by atoms with Crippen LogP contribution in [0.25, 0.3) is 0 Å². The summed E-state index contributed by atoms with van der Waals surface area (Å²) in [6, 6.07) is 1.99. The van der Waals surface area contributed by atoms with Crippen LogP contribution >= 0.6 is 0 Å². The summed E-state index contributed by atoms with van der Waals surface area (Å²) in [5.74, 6) is 1.85. The minimum absolute atomic E-state index is 0.410. The molecular weight excluding hydrogens is 262 g/mol. The van der Waals surface area contributed by atoms with Crippen molar-refractivity contribution < 1.29 is 8.42 Å². The summed E-state index contributed by atoms with van der Waals surface area (Å²) < 4.78 is 23.3. The summed E-state index contributed by atoms with van der Waals surface area (Å²) >= 11 is 0. The maximum atomic E-state index is 11.7. The molecule has 0 aromatic carbocycles. The Labute approximate surface area is 113 Å². The van der Waals surface area contributed by atoms with Crippen LogP contribution in [0.5, 0.6) is 0 Å². The summed E-state index contributed by atoms with van der Waals surface area (Å²) in [6.07, 6.45) is 3.51. The maximum Gasteiger partial charge on any atom is 0.150 e. The van der Waals surface area contributed by atoms with E-state index in [1.54, 1.807) is 0 Å². The molecule has 2 fully saturated rings. The summed E-state index contributed by atoms with van der Waals surface area (Å²) in [5.41, 5.74) is 0. The first-order chi connectivity index (χ1) is 8.25. The van der Waals surface area contributed by atoms with E-state index in [4.69, 9.17) is 0 Å². The van der Waals surface area contributed by atoms with Crippen molar-refractivity contribution in [2.75, 3.05) is 18.1 Å². The molecule has 2 unspecified atom stereocenters. The molecule has 3 nitrogen and oxygen atoms in total. The van der Waals surface area contributed by atoms with Crippen LogP contribution in [0.3, 0.4) is 0 Å². The van der Waals surface area contributed by atoms with Gasteiger partial charge in [0.15, 0.2) is 9.84 Å². The molecule has 1 heterocycles. The molecule has 0 spiro atoms. The summed E-state index contributed by atoms with van der Waals surface area (Å²) in [6.45, 7) is 8.21. The molecule has 0 aromatic rings. The third kappa shape index (κ3) is 4.66. The van der Waals surface area contributed by atoms with Crippen molar-refractivity contribution in [1.82, 2.24) is 5.32 Å². The number of hydrogen-bond donors (Lipinski definition) is 1. The van der Waals surface area contributed by atoms with Crippen molar-refractivity contribution in [3.63, 3.8) is 0 Å². The number of sulfone groups is 1. The smallest absolute Gasteiger partial charge is 0.150 e. The minimum atomic E-state index is -2.73. The summed E-state index contributed by atoms with van der Waals surface area (Å²) in [4.78, 5) is 0. The van der Waals surface area contributed by atoms with Crippen molar-refractivity contribution in [2.45, 2.75) is 51.0 Å². The third-order valence-corrected chi connectivity index (χ3v) is 7.60. The lowest BCUT2D eigenvalue weighted by molar-refractivity contribution is 0.369. The molecule has 1 N–H and O–H groups in total. The molecule has 18 heavy (non-hydrogen) atoms. The van der Waals surface area contributed by atoms with Gasteiger partial charge in [-0.1, -0.05) is 25.7 Å². The second-order valence-corrected chi connectivity index (χ2v) is 15.1. The summed E-state index contributed by atoms with van der Waals surface area (Å²) in [7, 11) is -3.85. The monoisotopic (exact) mass is 289 g/mol. The van der Waals surface area contributed by atoms with Crippen molar-refractivity contribution in [1.29, 1.82) is 0 Å². The van der Waals surface area contributed by atoms with E-state index < -0.39 is 17.9 Å². The molecule has 1 aliphatic heterocycles. The third-order valence-electron chi connectivity index (χ3n) is 4.05. The number of rotatable bonds is 6. The first-order valence-electron chi connectivity index (χ1n) is 7.19. The van der Waals surface area contributed by atoms with Gasteiger partial charge in [-0.05, 0) is 37.6 Å². The number of nitrogens with one attached hydrogen (secondary N) is 1. The quantitative estimate of drug-likeness (QED) is 0.762. The van der Waals surface area contributed by atoms with Crippen molar-refractivity contribution in [3.05, 3.63) is 0 Å². The maximum absolute atomic E-state index is 11.7. The summed E-state index contributed by atoms with van der Waals surface area (Å²) in [5, 5.41) is 3.61. The molecule has 5 heteroatoms. The average Bonchev–Trinajstić information content (AvgIpc) is 2.95. The van der Waals surface area contributed by atoms with E-state index in [0.29, 0.717) is 23.3 Å². The molecule has 2 rings (SSSR count). The normalized spacial score (nSPS) is 29.4. The van der Waals surface area contributed by atoms with Gasteiger partial charge < -0.3 is 5.32 Å². The predicted molar refractivity (Wildman–Crippen MR) is 79.4 cm³/mol. The van der Waals surface area contributed by atoms with Crippen LogP contribution in [-0.2, 0) is 9.84 Å². The van der Waals surface area contributed by atoms with E-state index >= 15 is 0 Å². The molecule has 0 amide bonds. The van der Waals surface area contributed by atoms with E-state index in [1.807, 2.05) is 0 Å². The van der Waals surface area contributed by atoms with Gasteiger partial charge in [0, 0.05) is 14.1 Å². The van der Waals surface area contributed by atoms with Gasteiger partial charge in [-0.25, -0.2) is 8.42 Å². The van der Waals surface area contributed by atoms with Gasteiger partial charge in [-0.3, -0.25) is 0 Å². The highest BCUT2D eigenvalue weighted by molar-refractivity contribution is 7.91. The Morgan fingerprint density at radius 2 is 1.89 bits per heavy atom. The van der Waals surface area contributed by atoms with Crippen LogP contribution in [0.2, 0.25) is 25.7 Å². The molecule has 1 saturated heterocycles. The van der Waals surface area contributed by atoms with Crippen molar-refractivity contribution in [2.24, 2.45) is 11.8 Å². The Morgan fingerprint density at radius 3 is 2.33 bits per heavy atom. The molecule has 1 saturated carbocycles. The van der Waals surface area contributed by atoms with Gasteiger partial charge in [0.05, 0.1) is 11.5 Å². The Hall–Kier alpha value is 0.127. The number of hydrogen-bond acceptors (Lipinski definition) is 3. The van der Waals surface area contributed by atoms with Crippen molar-refractivity contribution in [3.8, 4) is 0 Å². The highest BCUT2D eigenvalue weighted by Crippen LogP contribution is 2.32. The van der Waals surface area contributed by atoms with Gasteiger partial charge in [-0.15, -0.1) is 0 Å². The highest BCUT2D eigenvalue weighted by atomic mass is 32.2. The fourth-order valence-electron chi connectivity index (χ4n) is 2.99. The van der Waals surface area contributed by atoms with Gasteiger partial charge in [-0.2, -0.15) is 0 Å². The van der Waals surface area contributed by atoms with Gasteiger partial charge in [0.1, 0.15) is 0 Å². The van der Waals surface area contributed by atoms with Gasteiger partial charge in [0.25, 0.3) is 0 Å². The molecule has 2 aliphatic rings. The Balaban J connectivity index is 1.94. The molecule has 0 bridgehead atoms. The lowest BCUT2D eigenvalue weighted by atomic mass is 9.93. The topological polar surface area (TPSA) is 46.2 Å². The minimum Gasteiger partial charge on any atom is -0.314 e. The van der Waals surface area contributed by atoms with Gasteiger partial charge in [0.2, 0.25) is 0 Å². The fraction of sp³-hybridized carbons (Fsp3) is 1.00. The van der Waals surface area contributed by atoms with E-state index in [0.717, 1.165) is 19.0 Å². The molecule has 0 radical (unpaired) electrons. The van der Waals surface area contributed by atoms with E-state index in [2.05, 4.69) is 25.0 Å². The van der Waals surface area contributed by atoms with Crippen LogP contribution in [0.4, 0.5) is 0 Å². The lowest BCUT2D eigenvalue weighted by Crippen LogP contribution is -2.36. The van der Waals surface area contributed by atoms with E-state index in [9.17, 15) is 8.42 Å². The highest BCUT2D eigenvalue weighted by Gasteiger charge is 2.36. The fourth-order valence-corrected chi connectivity index (χ4v) is 6.96. The van der Waals surface area contributed by atoms with E-state index in [-0.39, 0.29) is 0 Å². The zero-order valence-electron chi connectivity index (χ0n) is 11.9. The molecule has 1 aliphatic carbocycles. The SMILES string of the molecule is C[Si](C)(C)CC(CNC1CC1)C1CCS(=O)(=O)C1. The lowest BCUT2D eigenvalue weighted by Gasteiger charge is -2.29. The second-order valence-electron chi connectivity index (χ2n) is 7.37. The molecule has 106 valence electrons. The zero-order valence-corrected chi connectivity index (χ0v) is 13.7. The first-order valence-corrected chi connectivity index (χ1v) is 12.7. The second kappa shape index (κ2) is 5.25. The Kier molecular flexibility index (Phi) is 4.24. The standard InChI is InChI=1S/C13H27NO2SSi/c1-18(2,3)10-12(8-14-13-4-5-13)11-6-7-17(15,16)9-11/h11-14H,4-10H2,1-3H3. The first kappa shape index (κ1) is 14.5. The van der Waals surface area contributed by atoms with Crippen LogP contribution in [0.15, 0.2) is 0 Å². The Bertz CT molecular complexity index is 384. The molecule has 0 aromatic heterocycles. The van der Waals surface area contributed by atoms with Crippen LogP contribution in [0, 0.1) is 11.8 Å². The van der Waals surface area contributed by atoms with Gasteiger partial charge >= 0.3 is 0 Å². The van der Waals surface area contributed by atoms with Crippen molar-refractivity contribution >= 4 is 17.9 Å². The Morgan fingerprint density at radius 1 is 1.22 bits per heavy atom. The predicted octanol–water partition coefficient (Wildman–Crippen LogP) is 2.13. The molecule has 2 atom stereocenters. The van der Waals surface area contributed by atoms with E-state index in [1.165, 1.54) is 18.9 Å². The van der Waals surface area contributed by atoms with Crippen LogP contribution in [0.1, 0.15) is 19.3 Å². The zero-order chi connectivity index (χ0) is 13.4. The molecular formula is C13H27NO2SSi.